The molecule has 3 aliphatic rings. The first kappa shape index (κ1) is 35.1. The van der Waals surface area contributed by atoms with Crippen LogP contribution in [0.1, 0.15) is 92.9 Å². The number of nitrogens with one attached hydrogen (secondary N) is 3. The van der Waals surface area contributed by atoms with Crippen LogP contribution in [0.5, 0.6) is 0 Å². The van der Waals surface area contributed by atoms with E-state index in [1.807, 2.05) is 20.8 Å². The van der Waals surface area contributed by atoms with Gasteiger partial charge in [-0.25, -0.2) is 9.59 Å². The molecule has 0 bridgehead atoms. The van der Waals surface area contributed by atoms with Crippen molar-refractivity contribution in [3.8, 4) is 0 Å². The molecule has 3 N–H and O–H groups in total. The number of allylic oxidation sites excluding steroid dienone is 1. The summed E-state index contributed by atoms with van der Waals surface area (Å²) in [7, 11) is 1.65. The number of hydrogen-bond acceptors (Lipinski definition) is 8. The van der Waals surface area contributed by atoms with Gasteiger partial charge < -0.3 is 39.6 Å². The standard InChI is InChI=1S/C32H55N3O8/c1-8-26(36)33-17-11-9-10-12-18-34-29(37)40-19-23(22(4)5)35-30(38)42-24-15-16-32(20-41-32)28(27(24)39-7)31(6)25(43-31)14-13-21(2)3/h13,22-25,27-28H,8-12,14-20H2,1-7H3,(H,33,36)(H,34,37)(H,35,38). The molecule has 3 rings (SSSR count). The van der Waals surface area contributed by atoms with Crippen LogP contribution in [0.4, 0.5) is 9.59 Å². The number of methoxy groups -OCH3 is 1. The van der Waals surface area contributed by atoms with Crippen LogP contribution >= 0.6 is 0 Å². The molecule has 3 fully saturated rings. The zero-order valence-electron chi connectivity index (χ0n) is 27.3. The number of epoxide rings is 2. The molecule has 2 heterocycles. The second kappa shape index (κ2) is 16.1. The molecule has 7 unspecified atom stereocenters. The fraction of sp³-hybridized carbons (Fsp3) is 0.844. The van der Waals surface area contributed by atoms with E-state index >= 15 is 0 Å². The first-order valence-corrected chi connectivity index (χ1v) is 16.1. The summed E-state index contributed by atoms with van der Waals surface area (Å²) in [5, 5.41) is 8.52. The molecule has 11 heteroatoms. The molecule has 1 saturated carbocycles. The number of unbranched alkanes of at least 4 members (excludes halogenated alkanes) is 3. The third kappa shape index (κ3) is 10.1. The zero-order chi connectivity index (χ0) is 31.6. The number of carbonyl (C=O) groups is 3. The third-order valence-corrected chi connectivity index (χ3v) is 9.01. The maximum absolute atomic E-state index is 13.1. The molecule has 1 aliphatic carbocycles. The van der Waals surface area contributed by atoms with Crippen LogP contribution in [0.2, 0.25) is 0 Å². The molecule has 11 nitrogen and oxygen atoms in total. The van der Waals surface area contributed by atoms with Gasteiger partial charge in [0, 0.05) is 26.6 Å². The lowest BCUT2D eigenvalue weighted by molar-refractivity contribution is -0.120. The average molecular weight is 610 g/mol. The summed E-state index contributed by atoms with van der Waals surface area (Å²) >= 11 is 0. The summed E-state index contributed by atoms with van der Waals surface area (Å²) in [6.07, 6.45) is 6.79. The van der Waals surface area contributed by atoms with E-state index in [0.717, 1.165) is 38.5 Å². The largest absolute Gasteiger partial charge is 0.447 e. The molecule has 0 aromatic carbocycles. The first-order valence-electron chi connectivity index (χ1n) is 16.1. The molecule has 246 valence electrons. The lowest BCUT2D eigenvalue weighted by atomic mass is 9.68. The molecule has 2 aliphatic heterocycles. The highest BCUT2D eigenvalue weighted by molar-refractivity contribution is 5.75. The van der Waals surface area contributed by atoms with Gasteiger partial charge >= 0.3 is 12.2 Å². The highest BCUT2D eigenvalue weighted by atomic mass is 16.6. The summed E-state index contributed by atoms with van der Waals surface area (Å²) in [5.41, 5.74) is 0.554. The molecule has 0 aromatic rings. The van der Waals surface area contributed by atoms with E-state index in [2.05, 4.69) is 42.8 Å². The van der Waals surface area contributed by atoms with Crippen LogP contribution in [0, 0.1) is 11.8 Å². The zero-order valence-corrected chi connectivity index (χ0v) is 27.3. The van der Waals surface area contributed by atoms with Gasteiger partial charge in [0.2, 0.25) is 5.91 Å². The Labute approximate surface area is 257 Å². The second-order valence-electron chi connectivity index (χ2n) is 13.0. The van der Waals surface area contributed by atoms with Crippen molar-refractivity contribution in [2.75, 3.05) is 33.4 Å². The Morgan fingerprint density at radius 2 is 1.72 bits per heavy atom. The van der Waals surface area contributed by atoms with Crippen molar-refractivity contribution in [2.45, 2.75) is 128 Å². The molecule has 43 heavy (non-hydrogen) atoms. The Kier molecular flexibility index (Phi) is 13.1. The van der Waals surface area contributed by atoms with E-state index in [1.54, 1.807) is 7.11 Å². The van der Waals surface area contributed by atoms with E-state index in [9.17, 15) is 14.4 Å². The Bertz CT molecular complexity index is 964. The number of carbonyl (C=O) groups excluding carboxylic acids is 3. The summed E-state index contributed by atoms with van der Waals surface area (Å²) in [6, 6.07) is -0.409. The normalized spacial score (nSPS) is 29.9. The van der Waals surface area contributed by atoms with Crippen LogP contribution in [0.3, 0.4) is 0 Å². The Hall–Kier alpha value is -2.37. The quantitative estimate of drug-likeness (QED) is 0.123. The van der Waals surface area contributed by atoms with E-state index in [4.69, 9.17) is 23.7 Å². The van der Waals surface area contributed by atoms with Crippen molar-refractivity contribution < 1.29 is 38.1 Å². The van der Waals surface area contributed by atoms with Gasteiger partial charge in [-0.2, -0.15) is 0 Å². The van der Waals surface area contributed by atoms with Gasteiger partial charge in [-0.05, 0) is 58.8 Å². The van der Waals surface area contributed by atoms with Gasteiger partial charge in [0.05, 0.1) is 24.7 Å². The van der Waals surface area contributed by atoms with Gasteiger partial charge in [0.15, 0.2) is 0 Å². The fourth-order valence-corrected chi connectivity index (χ4v) is 6.16. The first-order chi connectivity index (χ1) is 20.5. The maximum atomic E-state index is 13.1. The summed E-state index contributed by atoms with van der Waals surface area (Å²) < 4.78 is 29.6. The monoisotopic (exact) mass is 609 g/mol. The van der Waals surface area contributed by atoms with Gasteiger partial charge in [-0.1, -0.05) is 45.3 Å². The van der Waals surface area contributed by atoms with Crippen molar-refractivity contribution >= 4 is 18.1 Å². The van der Waals surface area contributed by atoms with Crippen molar-refractivity contribution in [2.24, 2.45) is 11.8 Å². The van der Waals surface area contributed by atoms with Crippen molar-refractivity contribution in [3.05, 3.63) is 11.6 Å². The molecule has 0 radical (unpaired) electrons. The maximum Gasteiger partial charge on any atom is 0.407 e. The smallest absolute Gasteiger partial charge is 0.407 e. The van der Waals surface area contributed by atoms with Crippen molar-refractivity contribution in [3.63, 3.8) is 0 Å². The van der Waals surface area contributed by atoms with Gasteiger partial charge in [-0.15, -0.1) is 0 Å². The SMILES string of the molecule is CCC(=O)NCCCCCCNC(=O)OCC(NC(=O)OC1CCC2(CO2)C(C2(C)OC2CC=C(C)C)C1OC)C(C)C. The Morgan fingerprint density at radius 3 is 2.30 bits per heavy atom. The fourth-order valence-electron chi connectivity index (χ4n) is 6.16. The number of amides is 3. The minimum atomic E-state index is -0.556. The van der Waals surface area contributed by atoms with Gasteiger partial charge in [0.1, 0.15) is 30.0 Å². The Morgan fingerprint density at radius 1 is 1.05 bits per heavy atom. The highest BCUT2D eigenvalue weighted by Crippen LogP contribution is 2.59. The number of ether oxygens (including phenoxy) is 5. The summed E-state index contributed by atoms with van der Waals surface area (Å²) in [6.45, 7) is 13.9. The lowest BCUT2D eigenvalue weighted by Gasteiger charge is -2.42. The van der Waals surface area contributed by atoms with Crippen LogP contribution < -0.4 is 16.0 Å². The molecular formula is C32H55N3O8. The van der Waals surface area contributed by atoms with Crippen molar-refractivity contribution in [1.82, 2.24) is 16.0 Å². The molecular weight excluding hydrogens is 554 g/mol. The summed E-state index contributed by atoms with van der Waals surface area (Å²) in [4.78, 5) is 36.5. The molecule has 3 amide bonds. The van der Waals surface area contributed by atoms with E-state index in [-0.39, 0.29) is 42.2 Å². The third-order valence-electron chi connectivity index (χ3n) is 9.01. The average Bonchev–Trinajstić information content (AvgIpc) is 3.88. The molecule has 7 atom stereocenters. The molecule has 1 spiro atoms. The molecule has 0 aromatic heterocycles. The lowest BCUT2D eigenvalue weighted by Crippen LogP contribution is -2.56. The predicted octanol–water partition coefficient (Wildman–Crippen LogP) is 4.63. The predicted molar refractivity (Wildman–Crippen MR) is 163 cm³/mol. The van der Waals surface area contributed by atoms with Crippen molar-refractivity contribution in [1.29, 1.82) is 0 Å². The van der Waals surface area contributed by atoms with Crippen LogP contribution in [-0.4, -0.2) is 87.1 Å². The van der Waals surface area contributed by atoms with Gasteiger partial charge in [0.25, 0.3) is 0 Å². The van der Waals surface area contributed by atoms with E-state index < -0.39 is 29.9 Å². The molecule has 2 saturated heterocycles. The number of hydrogen-bond donors (Lipinski definition) is 3. The van der Waals surface area contributed by atoms with E-state index in [0.29, 0.717) is 32.5 Å². The van der Waals surface area contributed by atoms with Crippen LogP contribution in [0.15, 0.2) is 11.6 Å². The van der Waals surface area contributed by atoms with Gasteiger partial charge in [-0.3, -0.25) is 4.79 Å². The number of rotatable bonds is 17. The van der Waals surface area contributed by atoms with Crippen LogP contribution in [0.25, 0.3) is 0 Å². The topological polar surface area (TPSA) is 140 Å². The van der Waals surface area contributed by atoms with E-state index in [1.165, 1.54) is 5.57 Å². The second-order valence-corrected chi connectivity index (χ2v) is 13.0. The number of alkyl carbamates (subject to hydrolysis) is 2. The highest BCUT2D eigenvalue weighted by Gasteiger charge is 2.72. The van der Waals surface area contributed by atoms with Crippen LogP contribution in [-0.2, 0) is 28.5 Å². The minimum absolute atomic E-state index is 0.0172. The Balaban J connectivity index is 1.42. The minimum Gasteiger partial charge on any atom is -0.447 e. The summed E-state index contributed by atoms with van der Waals surface area (Å²) in [5.74, 6) is 0.0304.